The number of rotatable bonds is 2. The van der Waals surface area contributed by atoms with Crippen molar-refractivity contribution in [3.8, 4) is 33.8 Å². The molecule has 0 unspecified atom stereocenters. The van der Waals surface area contributed by atoms with Gasteiger partial charge in [-0.2, -0.15) is 24.3 Å². The zero-order valence-corrected chi connectivity index (χ0v) is 36.2. The summed E-state index contributed by atoms with van der Waals surface area (Å²) in [6.45, 7) is 8.49. The molecule has 0 saturated heterocycles. The van der Waals surface area contributed by atoms with E-state index in [-0.39, 0.29) is 24.8 Å². The zero-order valence-electron chi connectivity index (χ0n) is 29.8. The molecule has 50 heavy (non-hydrogen) atoms. The van der Waals surface area contributed by atoms with Crippen molar-refractivity contribution in [3.63, 3.8) is 0 Å². The third kappa shape index (κ3) is 15.8. The van der Waals surface area contributed by atoms with E-state index in [2.05, 4.69) is 125 Å². The van der Waals surface area contributed by atoms with Crippen molar-refractivity contribution in [1.29, 1.82) is 0 Å². The van der Waals surface area contributed by atoms with E-state index in [1.54, 1.807) is 62.7 Å². The van der Waals surface area contributed by atoms with Crippen LogP contribution in [0.15, 0.2) is 109 Å². The number of benzene rings is 4. The Labute approximate surface area is 343 Å². The van der Waals surface area contributed by atoms with Gasteiger partial charge in [0.25, 0.3) is 0 Å². The van der Waals surface area contributed by atoms with Gasteiger partial charge >= 0.3 is 82.6 Å². The molecule has 0 spiro atoms. The summed E-state index contributed by atoms with van der Waals surface area (Å²) in [4.78, 5) is 0. The Kier molecular flexibility index (Phi) is 23.2. The van der Waals surface area contributed by atoms with Gasteiger partial charge in [-0.3, -0.25) is 12.2 Å². The zero-order chi connectivity index (χ0) is 34.7. The van der Waals surface area contributed by atoms with Crippen molar-refractivity contribution in [1.82, 2.24) is 0 Å². The van der Waals surface area contributed by atoms with Crippen LogP contribution in [0.5, 0.6) is 11.5 Å². The van der Waals surface area contributed by atoms with Gasteiger partial charge in [-0.05, 0) is 12.8 Å². The molecular formula is C44H44Cl2O2Zr2-2. The maximum atomic E-state index is 5.18. The average Bonchev–Trinajstić information content (AvgIpc) is 3.92. The number of fused-ring (bicyclic) bond motifs is 6. The summed E-state index contributed by atoms with van der Waals surface area (Å²) in [5.74, 6) is 1.64. The minimum Gasteiger partial charge on any atom is -1.00 e. The van der Waals surface area contributed by atoms with Gasteiger partial charge in [0, 0.05) is 11.5 Å². The van der Waals surface area contributed by atoms with E-state index in [1.165, 1.54) is 50.9 Å². The fourth-order valence-electron chi connectivity index (χ4n) is 4.99. The van der Waals surface area contributed by atoms with Gasteiger partial charge < -0.3 is 34.3 Å². The van der Waals surface area contributed by atoms with Crippen LogP contribution >= 0.6 is 0 Å². The van der Waals surface area contributed by atoms with Crippen molar-refractivity contribution < 1.29 is 82.8 Å². The second-order valence-corrected chi connectivity index (χ2v) is 16.4. The topological polar surface area (TPSA) is 18.5 Å². The number of hydrogen-bond acceptors (Lipinski definition) is 2. The first-order chi connectivity index (χ1) is 23.2. The molecule has 0 N–H and O–H groups in total. The Morgan fingerprint density at radius 2 is 0.900 bits per heavy atom. The summed E-state index contributed by atoms with van der Waals surface area (Å²) in [6, 6.07) is 31.8. The molecule has 0 bridgehead atoms. The summed E-state index contributed by atoms with van der Waals surface area (Å²) in [5.41, 5.74) is 10.5. The van der Waals surface area contributed by atoms with Crippen LogP contribution in [0, 0.1) is 24.3 Å². The van der Waals surface area contributed by atoms with Crippen molar-refractivity contribution in [3.05, 3.63) is 156 Å². The average molecular weight is 858 g/mol. The van der Waals surface area contributed by atoms with Gasteiger partial charge in [0.15, 0.2) is 0 Å². The Morgan fingerprint density at radius 1 is 0.540 bits per heavy atom. The second-order valence-electron chi connectivity index (χ2n) is 11.5. The molecule has 4 aliphatic carbocycles. The first-order valence-electron chi connectivity index (χ1n) is 16.0. The fraction of sp³-hybridized carbons (Fsp3) is 0.227. The molecule has 4 aromatic carbocycles. The molecule has 0 amide bonds. The minimum atomic E-state index is 0. The van der Waals surface area contributed by atoms with Gasteiger partial charge in [0.1, 0.15) is 0 Å². The summed E-state index contributed by atoms with van der Waals surface area (Å²) in [7, 11) is 3.36. The molecule has 4 aromatic rings. The third-order valence-corrected chi connectivity index (χ3v) is 6.96. The molecule has 2 nitrogen and oxygen atoms in total. The number of methoxy groups -OCH3 is 2. The van der Waals surface area contributed by atoms with Crippen LogP contribution in [0.4, 0.5) is 0 Å². The van der Waals surface area contributed by atoms with E-state index in [9.17, 15) is 0 Å². The van der Waals surface area contributed by atoms with Crippen LogP contribution in [0.3, 0.4) is 0 Å². The van der Waals surface area contributed by atoms with Gasteiger partial charge in [0.05, 0.1) is 14.2 Å². The monoisotopic (exact) mass is 854 g/mol. The largest absolute Gasteiger partial charge is 1.00 e. The molecule has 0 heterocycles. The number of allylic oxidation sites excluding steroid dienone is 8. The Bertz CT molecular complexity index is 1630. The summed E-state index contributed by atoms with van der Waals surface area (Å²) in [5, 5.41) is 0. The SMILES string of the molecule is COc1[c-]c2c(cc1)-c1ccccc1C2.COc1[c-]c2c(cc1)-c1ccccc1C2.C[C](C)=[Zr+2].C[C](C)=[Zr+2].[C-]1=CC=CC1.[C-]1=CC=CC1.[Cl-].[Cl-]. The maximum Gasteiger partial charge on any atom is -0.109 e. The van der Waals surface area contributed by atoms with Gasteiger partial charge in [0.2, 0.25) is 0 Å². The van der Waals surface area contributed by atoms with Crippen molar-refractivity contribution in [2.75, 3.05) is 14.2 Å². The molecule has 0 fully saturated rings. The van der Waals surface area contributed by atoms with E-state index in [0.29, 0.717) is 0 Å². The van der Waals surface area contributed by atoms with Crippen molar-refractivity contribution in [2.24, 2.45) is 0 Å². The Balaban J connectivity index is 0.000000331. The molecule has 6 heteroatoms. The van der Waals surface area contributed by atoms with Crippen molar-refractivity contribution in [2.45, 2.75) is 53.4 Å². The number of halogens is 2. The number of ether oxygens (including phenoxy) is 2. The molecule has 0 radical (unpaired) electrons. The van der Waals surface area contributed by atoms with Crippen LogP contribution in [-0.4, -0.2) is 20.6 Å². The van der Waals surface area contributed by atoms with Gasteiger partial charge in [-0.15, -0.1) is 59.4 Å². The molecule has 0 saturated carbocycles. The second kappa shape index (κ2) is 25.5. The summed E-state index contributed by atoms with van der Waals surface area (Å²) >= 11 is 3.11. The van der Waals surface area contributed by atoms with Gasteiger partial charge in [-0.25, -0.2) is 24.3 Å². The quantitative estimate of drug-likeness (QED) is 0.243. The van der Waals surface area contributed by atoms with Crippen molar-refractivity contribution >= 4 is 6.41 Å². The predicted octanol–water partition coefficient (Wildman–Crippen LogP) is 4.24. The normalized spacial score (nSPS) is 11.9. The maximum absolute atomic E-state index is 5.18. The summed E-state index contributed by atoms with van der Waals surface area (Å²) in [6.07, 6.45) is 21.9. The van der Waals surface area contributed by atoms with Crippen LogP contribution in [0.2, 0.25) is 0 Å². The van der Waals surface area contributed by atoms with Crippen LogP contribution in [-0.2, 0) is 61.3 Å². The molecular weight excluding hydrogens is 814 g/mol. The van der Waals surface area contributed by atoms with E-state index in [1.807, 2.05) is 36.4 Å². The standard InChI is InChI=1S/2C14H11O.2C5H5.2C3H6.2ClH.2Zr/c2*1-15-12-6-7-14-11(9-12)8-10-4-2-3-5-13(10)14;2*1-2-4-5-3-1;2*1-3-2;;;;/h2*2-7H,8H2,1H3;2*1-3H,4H2;2*1-2H3;2*1H;;/q4*-1;;;;;2*+2/p-2. The van der Waals surface area contributed by atoms with Crippen LogP contribution in [0.1, 0.15) is 62.8 Å². The van der Waals surface area contributed by atoms with E-state index in [4.69, 9.17) is 9.47 Å². The van der Waals surface area contributed by atoms with Gasteiger partial charge in [-0.1, -0.05) is 70.8 Å². The molecule has 256 valence electrons. The van der Waals surface area contributed by atoms with E-state index < -0.39 is 0 Å². The van der Waals surface area contributed by atoms with Crippen LogP contribution in [0.25, 0.3) is 22.3 Å². The first kappa shape index (κ1) is 45.5. The Morgan fingerprint density at radius 3 is 1.18 bits per heavy atom. The molecule has 8 rings (SSSR count). The van der Waals surface area contributed by atoms with E-state index >= 15 is 0 Å². The third-order valence-electron chi connectivity index (χ3n) is 6.96. The fourth-order valence-corrected chi connectivity index (χ4v) is 4.99. The number of hydrogen-bond donors (Lipinski definition) is 0. The minimum absolute atomic E-state index is 0. The van der Waals surface area contributed by atoms with E-state index in [0.717, 1.165) is 37.2 Å². The smallest absolute Gasteiger partial charge is 0.109 e. The molecule has 0 aliphatic heterocycles. The Hall–Kier alpha value is -2.47. The first-order valence-corrected chi connectivity index (χ1v) is 18.5. The predicted molar refractivity (Wildman–Crippen MR) is 196 cm³/mol. The molecule has 0 atom stereocenters. The molecule has 0 aromatic heterocycles. The molecule has 4 aliphatic rings. The van der Waals surface area contributed by atoms with Crippen LogP contribution < -0.4 is 34.3 Å². The summed E-state index contributed by atoms with van der Waals surface area (Å²) < 4.78 is 13.4.